The first-order chi connectivity index (χ1) is 9.56. The van der Waals surface area contributed by atoms with Gasteiger partial charge >= 0.3 is 0 Å². The molecule has 0 saturated carbocycles. The van der Waals surface area contributed by atoms with Crippen LogP contribution in [0, 0.1) is 0 Å². The maximum absolute atomic E-state index is 6.51. The summed E-state index contributed by atoms with van der Waals surface area (Å²) in [6, 6.07) is 15.8. The monoisotopic (exact) mass is 271 g/mol. The van der Waals surface area contributed by atoms with E-state index < -0.39 is 5.54 Å². The lowest BCUT2D eigenvalue weighted by Crippen LogP contribution is -2.35. The van der Waals surface area contributed by atoms with Crippen molar-refractivity contribution in [3.05, 3.63) is 59.7 Å². The van der Waals surface area contributed by atoms with Gasteiger partial charge in [-0.2, -0.15) is 0 Å². The van der Waals surface area contributed by atoms with Crippen molar-refractivity contribution < 1.29 is 9.47 Å². The van der Waals surface area contributed by atoms with Crippen LogP contribution >= 0.6 is 0 Å². The first-order valence-electron chi connectivity index (χ1n) is 6.62. The smallest absolute Gasteiger partial charge is 0.122 e. The fourth-order valence-corrected chi connectivity index (χ4v) is 2.33. The highest BCUT2D eigenvalue weighted by molar-refractivity contribution is 5.38. The summed E-state index contributed by atoms with van der Waals surface area (Å²) in [4.78, 5) is 0. The molecule has 0 bridgehead atoms. The molecule has 0 aromatic heterocycles. The molecule has 3 nitrogen and oxygen atoms in total. The lowest BCUT2D eigenvalue weighted by Gasteiger charge is -2.26. The van der Waals surface area contributed by atoms with E-state index in [0.717, 1.165) is 22.6 Å². The second kappa shape index (κ2) is 5.97. The molecule has 0 radical (unpaired) electrons. The third kappa shape index (κ3) is 3.11. The Morgan fingerprint density at radius 3 is 2.45 bits per heavy atom. The summed E-state index contributed by atoms with van der Waals surface area (Å²) in [6.45, 7) is 2.02. The minimum atomic E-state index is -0.483. The summed E-state index contributed by atoms with van der Waals surface area (Å²) in [5.74, 6) is 1.69. The van der Waals surface area contributed by atoms with Gasteiger partial charge in [0.05, 0.1) is 14.2 Å². The maximum Gasteiger partial charge on any atom is 0.122 e. The normalized spacial score (nSPS) is 13.6. The average molecular weight is 271 g/mol. The Balaban J connectivity index is 2.30. The van der Waals surface area contributed by atoms with Crippen LogP contribution in [0.15, 0.2) is 48.5 Å². The van der Waals surface area contributed by atoms with Crippen LogP contribution in [-0.4, -0.2) is 14.2 Å². The van der Waals surface area contributed by atoms with Crippen LogP contribution in [0.2, 0.25) is 0 Å². The predicted molar refractivity (Wildman–Crippen MR) is 81.2 cm³/mol. The van der Waals surface area contributed by atoms with Gasteiger partial charge in [0.2, 0.25) is 0 Å². The molecule has 3 heteroatoms. The van der Waals surface area contributed by atoms with Crippen LogP contribution in [-0.2, 0) is 12.0 Å². The Hall–Kier alpha value is -2.00. The van der Waals surface area contributed by atoms with Gasteiger partial charge in [0, 0.05) is 5.54 Å². The number of benzene rings is 2. The van der Waals surface area contributed by atoms with Crippen molar-refractivity contribution in [3.8, 4) is 11.5 Å². The van der Waals surface area contributed by atoms with Crippen LogP contribution < -0.4 is 15.2 Å². The Bertz CT molecular complexity index is 579. The van der Waals surface area contributed by atoms with E-state index in [2.05, 4.69) is 0 Å². The molecule has 2 rings (SSSR count). The SMILES string of the molecule is COc1cccc(C(C)(N)Cc2ccccc2OC)c1. The van der Waals surface area contributed by atoms with Crippen LogP contribution in [0.3, 0.4) is 0 Å². The topological polar surface area (TPSA) is 44.5 Å². The average Bonchev–Trinajstić information content (AvgIpc) is 2.47. The van der Waals surface area contributed by atoms with Crippen molar-refractivity contribution in [3.63, 3.8) is 0 Å². The summed E-state index contributed by atoms with van der Waals surface area (Å²) >= 11 is 0. The zero-order chi connectivity index (χ0) is 14.6. The van der Waals surface area contributed by atoms with Crippen molar-refractivity contribution in [2.75, 3.05) is 14.2 Å². The number of hydrogen-bond donors (Lipinski definition) is 1. The molecule has 0 fully saturated rings. The summed E-state index contributed by atoms with van der Waals surface area (Å²) in [5.41, 5.74) is 8.17. The first-order valence-corrected chi connectivity index (χ1v) is 6.62. The second-order valence-corrected chi connectivity index (χ2v) is 5.14. The largest absolute Gasteiger partial charge is 0.497 e. The quantitative estimate of drug-likeness (QED) is 0.908. The van der Waals surface area contributed by atoms with E-state index in [9.17, 15) is 0 Å². The van der Waals surface area contributed by atoms with Gasteiger partial charge < -0.3 is 15.2 Å². The number of nitrogens with two attached hydrogens (primary N) is 1. The van der Waals surface area contributed by atoms with E-state index in [1.807, 2.05) is 55.5 Å². The van der Waals surface area contributed by atoms with Gasteiger partial charge in [0.15, 0.2) is 0 Å². The number of para-hydroxylation sites is 1. The fraction of sp³-hybridized carbons (Fsp3) is 0.294. The molecule has 2 N–H and O–H groups in total. The molecule has 0 aliphatic heterocycles. The third-order valence-electron chi connectivity index (χ3n) is 3.48. The highest BCUT2D eigenvalue weighted by Gasteiger charge is 2.23. The van der Waals surface area contributed by atoms with Gasteiger partial charge in [-0.25, -0.2) is 0 Å². The molecule has 106 valence electrons. The zero-order valence-electron chi connectivity index (χ0n) is 12.2. The van der Waals surface area contributed by atoms with E-state index >= 15 is 0 Å². The van der Waals surface area contributed by atoms with Crippen LogP contribution in [0.1, 0.15) is 18.1 Å². The van der Waals surface area contributed by atoms with Gasteiger partial charge in [-0.05, 0) is 42.7 Å². The molecule has 1 atom stereocenters. The summed E-state index contributed by atoms with van der Waals surface area (Å²) in [7, 11) is 3.34. The molecule has 0 saturated heterocycles. The number of rotatable bonds is 5. The minimum absolute atomic E-state index is 0.483. The standard InChI is InChI=1S/C17H21NO2/c1-17(18,14-8-6-9-15(11-14)19-2)12-13-7-4-5-10-16(13)20-3/h4-11H,12,18H2,1-3H3. The van der Waals surface area contributed by atoms with Crippen molar-refractivity contribution >= 4 is 0 Å². The fourth-order valence-electron chi connectivity index (χ4n) is 2.33. The Morgan fingerprint density at radius 1 is 1.00 bits per heavy atom. The van der Waals surface area contributed by atoms with Crippen LogP contribution in [0.5, 0.6) is 11.5 Å². The molecule has 0 heterocycles. The van der Waals surface area contributed by atoms with E-state index in [1.54, 1.807) is 14.2 Å². The summed E-state index contributed by atoms with van der Waals surface area (Å²) in [6.07, 6.45) is 0.699. The summed E-state index contributed by atoms with van der Waals surface area (Å²) in [5, 5.41) is 0. The van der Waals surface area contributed by atoms with Gasteiger partial charge in [0.1, 0.15) is 11.5 Å². The Kier molecular flexibility index (Phi) is 4.30. The molecule has 2 aromatic carbocycles. The number of hydrogen-bond acceptors (Lipinski definition) is 3. The van der Waals surface area contributed by atoms with Gasteiger partial charge in [-0.3, -0.25) is 0 Å². The number of ether oxygens (including phenoxy) is 2. The Labute approximate surface area is 120 Å². The molecule has 1 unspecified atom stereocenters. The molecule has 0 aliphatic carbocycles. The lowest BCUT2D eigenvalue weighted by atomic mass is 9.86. The predicted octanol–water partition coefficient (Wildman–Crippen LogP) is 3.12. The van der Waals surface area contributed by atoms with Crippen molar-refractivity contribution in [1.82, 2.24) is 0 Å². The highest BCUT2D eigenvalue weighted by Crippen LogP contribution is 2.29. The van der Waals surface area contributed by atoms with Gasteiger partial charge in [-0.15, -0.1) is 0 Å². The first kappa shape index (κ1) is 14.4. The maximum atomic E-state index is 6.51. The van der Waals surface area contributed by atoms with Gasteiger partial charge in [-0.1, -0.05) is 30.3 Å². The van der Waals surface area contributed by atoms with Crippen LogP contribution in [0.25, 0.3) is 0 Å². The highest BCUT2D eigenvalue weighted by atomic mass is 16.5. The number of methoxy groups -OCH3 is 2. The van der Waals surface area contributed by atoms with Crippen molar-refractivity contribution in [1.29, 1.82) is 0 Å². The zero-order valence-corrected chi connectivity index (χ0v) is 12.2. The van der Waals surface area contributed by atoms with E-state index in [-0.39, 0.29) is 0 Å². The molecule has 0 spiro atoms. The molecular weight excluding hydrogens is 250 g/mol. The third-order valence-corrected chi connectivity index (χ3v) is 3.48. The molecule has 2 aromatic rings. The Morgan fingerprint density at radius 2 is 1.75 bits per heavy atom. The summed E-state index contributed by atoms with van der Waals surface area (Å²) < 4.78 is 10.7. The molecular formula is C17H21NO2. The lowest BCUT2D eigenvalue weighted by molar-refractivity contribution is 0.397. The minimum Gasteiger partial charge on any atom is -0.497 e. The van der Waals surface area contributed by atoms with E-state index in [0.29, 0.717) is 6.42 Å². The molecule has 0 amide bonds. The van der Waals surface area contributed by atoms with Crippen LogP contribution in [0.4, 0.5) is 0 Å². The van der Waals surface area contributed by atoms with Crippen molar-refractivity contribution in [2.24, 2.45) is 5.73 Å². The second-order valence-electron chi connectivity index (χ2n) is 5.14. The van der Waals surface area contributed by atoms with Crippen molar-refractivity contribution in [2.45, 2.75) is 18.9 Å². The molecule has 20 heavy (non-hydrogen) atoms. The van der Waals surface area contributed by atoms with E-state index in [4.69, 9.17) is 15.2 Å². The van der Waals surface area contributed by atoms with E-state index in [1.165, 1.54) is 0 Å². The van der Waals surface area contributed by atoms with Gasteiger partial charge in [0.25, 0.3) is 0 Å². The molecule has 0 aliphatic rings.